The second-order valence-corrected chi connectivity index (χ2v) is 6.75. The number of hydrogen-bond donors (Lipinski definition) is 0. The van der Waals surface area contributed by atoms with Crippen LogP contribution in [-0.4, -0.2) is 30.7 Å². The van der Waals surface area contributed by atoms with Gasteiger partial charge in [0.25, 0.3) is 0 Å². The lowest BCUT2D eigenvalue weighted by molar-refractivity contribution is 0.418. The van der Waals surface area contributed by atoms with Crippen LogP contribution in [-0.2, 0) is 9.84 Å². The number of hydrogen-bond acceptors (Lipinski definition) is 4. The molecule has 3 heterocycles. The van der Waals surface area contributed by atoms with E-state index in [0.717, 1.165) is 5.52 Å². The van der Waals surface area contributed by atoms with Crippen LogP contribution in [0.15, 0.2) is 24.5 Å². The highest BCUT2D eigenvalue weighted by Gasteiger charge is 2.35. The zero-order chi connectivity index (χ0) is 12.8. The van der Waals surface area contributed by atoms with Gasteiger partial charge in [-0.05, 0) is 25.0 Å². The van der Waals surface area contributed by atoms with E-state index in [1.807, 2.05) is 22.7 Å². The molecule has 1 saturated heterocycles. The van der Waals surface area contributed by atoms with Crippen LogP contribution < -0.4 is 4.74 Å². The van der Waals surface area contributed by atoms with Crippen LogP contribution in [0.25, 0.3) is 5.52 Å². The zero-order valence-corrected chi connectivity index (χ0v) is 10.9. The van der Waals surface area contributed by atoms with E-state index in [4.69, 9.17) is 4.74 Å². The van der Waals surface area contributed by atoms with Gasteiger partial charge in [0.1, 0.15) is 22.3 Å². The maximum Gasteiger partial charge on any atom is 0.160 e. The first-order valence-electron chi connectivity index (χ1n) is 5.85. The van der Waals surface area contributed by atoms with Gasteiger partial charge in [-0.2, -0.15) is 0 Å². The van der Waals surface area contributed by atoms with E-state index in [1.165, 1.54) is 0 Å². The summed E-state index contributed by atoms with van der Waals surface area (Å²) in [5.41, 5.74) is 0.803. The van der Waals surface area contributed by atoms with Crippen molar-refractivity contribution in [2.75, 3.05) is 12.9 Å². The maximum absolute atomic E-state index is 12.0. The third-order valence-electron chi connectivity index (χ3n) is 3.40. The van der Waals surface area contributed by atoms with E-state index in [2.05, 4.69) is 4.98 Å². The van der Waals surface area contributed by atoms with Crippen LogP contribution in [0.1, 0.15) is 23.9 Å². The predicted molar refractivity (Wildman–Crippen MR) is 67.5 cm³/mol. The molecule has 0 aliphatic carbocycles. The van der Waals surface area contributed by atoms with Gasteiger partial charge in [0.15, 0.2) is 9.84 Å². The smallest absolute Gasteiger partial charge is 0.160 e. The molecule has 0 bridgehead atoms. The molecule has 3 rings (SSSR count). The van der Waals surface area contributed by atoms with Gasteiger partial charge in [-0.3, -0.25) is 4.40 Å². The van der Waals surface area contributed by atoms with Crippen LogP contribution in [0.4, 0.5) is 0 Å². The largest absolute Gasteiger partial charge is 0.494 e. The highest BCUT2D eigenvalue weighted by atomic mass is 32.2. The number of pyridine rings is 1. The lowest BCUT2D eigenvalue weighted by Gasteiger charge is -2.09. The molecule has 18 heavy (non-hydrogen) atoms. The Bertz CT molecular complexity index is 690. The van der Waals surface area contributed by atoms with Gasteiger partial charge in [-0.15, -0.1) is 0 Å². The van der Waals surface area contributed by atoms with E-state index in [9.17, 15) is 8.42 Å². The zero-order valence-electron chi connectivity index (χ0n) is 10.0. The van der Waals surface area contributed by atoms with Gasteiger partial charge in [-0.25, -0.2) is 13.4 Å². The fourth-order valence-corrected chi connectivity index (χ4v) is 4.38. The topological polar surface area (TPSA) is 60.7 Å². The van der Waals surface area contributed by atoms with Crippen molar-refractivity contribution in [1.29, 1.82) is 0 Å². The van der Waals surface area contributed by atoms with E-state index >= 15 is 0 Å². The number of nitrogens with zero attached hydrogens (tertiary/aromatic N) is 2. The molecule has 5 nitrogen and oxygen atoms in total. The van der Waals surface area contributed by atoms with E-state index < -0.39 is 15.1 Å². The van der Waals surface area contributed by atoms with Gasteiger partial charge >= 0.3 is 0 Å². The molecule has 0 radical (unpaired) electrons. The number of ether oxygens (including phenoxy) is 1. The molecular weight excluding hydrogens is 252 g/mol. The SMILES string of the molecule is COc1cccn2c(C3CCCS3(=O)=O)ncc12. The van der Waals surface area contributed by atoms with Crippen molar-refractivity contribution >= 4 is 15.4 Å². The summed E-state index contributed by atoms with van der Waals surface area (Å²) in [5, 5.41) is -0.480. The van der Waals surface area contributed by atoms with Crippen molar-refractivity contribution in [2.45, 2.75) is 18.1 Å². The summed E-state index contributed by atoms with van der Waals surface area (Å²) in [6, 6.07) is 3.67. The fourth-order valence-electron chi connectivity index (χ4n) is 2.51. The molecule has 96 valence electrons. The second kappa shape index (κ2) is 3.98. The molecule has 0 amide bonds. The molecule has 0 saturated carbocycles. The molecule has 6 heteroatoms. The number of fused-ring (bicyclic) bond motifs is 1. The van der Waals surface area contributed by atoms with Gasteiger partial charge in [-0.1, -0.05) is 0 Å². The van der Waals surface area contributed by atoms with Crippen molar-refractivity contribution in [3.8, 4) is 5.75 Å². The van der Waals surface area contributed by atoms with Gasteiger partial charge in [0, 0.05) is 6.20 Å². The minimum absolute atomic E-state index is 0.260. The lowest BCUT2D eigenvalue weighted by Crippen LogP contribution is -2.11. The average Bonchev–Trinajstić information content (AvgIpc) is 2.91. The first-order chi connectivity index (χ1) is 8.63. The van der Waals surface area contributed by atoms with Crippen molar-refractivity contribution in [3.63, 3.8) is 0 Å². The normalized spacial score (nSPS) is 22.4. The summed E-state index contributed by atoms with van der Waals surface area (Å²) in [5.74, 6) is 1.56. The highest BCUT2D eigenvalue weighted by Crippen LogP contribution is 2.35. The van der Waals surface area contributed by atoms with Crippen molar-refractivity contribution < 1.29 is 13.2 Å². The van der Waals surface area contributed by atoms with E-state index in [0.29, 0.717) is 24.4 Å². The van der Waals surface area contributed by atoms with Crippen molar-refractivity contribution in [3.05, 3.63) is 30.4 Å². The van der Waals surface area contributed by atoms with Crippen molar-refractivity contribution in [1.82, 2.24) is 9.38 Å². The number of methoxy groups -OCH3 is 1. The van der Waals surface area contributed by atoms with Gasteiger partial charge < -0.3 is 4.74 Å². The molecular formula is C12H14N2O3S. The minimum atomic E-state index is -3.05. The Morgan fingerprint density at radius 3 is 3.00 bits per heavy atom. The molecule has 0 aromatic carbocycles. The fraction of sp³-hybridized carbons (Fsp3) is 0.417. The van der Waals surface area contributed by atoms with Crippen LogP contribution >= 0.6 is 0 Å². The summed E-state index contributed by atoms with van der Waals surface area (Å²) < 4.78 is 31.0. The van der Waals surface area contributed by atoms with Crippen LogP contribution in [0.2, 0.25) is 0 Å². The quantitative estimate of drug-likeness (QED) is 0.828. The Morgan fingerprint density at radius 2 is 2.33 bits per heavy atom. The molecule has 1 unspecified atom stereocenters. The Morgan fingerprint density at radius 1 is 1.50 bits per heavy atom. The molecule has 2 aromatic heterocycles. The van der Waals surface area contributed by atoms with Gasteiger partial charge in [0.05, 0.1) is 19.1 Å². The highest BCUT2D eigenvalue weighted by molar-refractivity contribution is 7.91. The predicted octanol–water partition coefficient (Wildman–Crippen LogP) is 1.59. The third kappa shape index (κ3) is 1.59. The molecule has 0 N–H and O–H groups in total. The minimum Gasteiger partial charge on any atom is -0.494 e. The second-order valence-electron chi connectivity index (χ2n) is 4.45. The Kier molecular flexibility index (Phi) is 2.55. The number of aromatic nitrogens is 2. The first-order valence-corrected chi connectivity index (χ1v) is 7.56. The summed E-state index contributed by atoms with van der Waals surface area (Å²) in [4.78, 5) is 4.29. The first kappa shape index (κ1) is 11.5. The molecule has 0 spiro atoms. The molecule has 1 aliphatic rings. The van der Waals surface area contributed by atoms with Crippen LogP contribution in [0.5, 0.6) is 5.75 Å². The molecule has 1 fully saturated rings. The standard InChI is InChI=1S/C12H14N2O3S/c1-17-10-4-2-6-14-9(10)8-13-12(14)11-5-3-7-18(11,15)16/h2,4,6,8,11H,3,5,7H2,1H3. The summed E-state index contributed by atoms with van der Waals surface area (Å²) >= 11 is 0. The van der Waals surface area contributed by atoms with Gasteiger partial charge in [0.2, 0.25) is 0 Å². The lowest BCUT2D eigenvalue weighted by atomic mass is 10.2. The van der Waals surface area contributed by atoms with E-state index in [-0.39, 0.29) is 5.75 Å². The van der Waals surface area contributed by atoms with Crippen LogP contribution in [0, 0.1) is 0 Å². The monoisotopic (exact) mass is 266 g/mol. The summed E-state index contributed by atoms with van der Waals surface area (Å²) in [6.45, 7) is 0. The summed E-state index contributed by atoms with van der Waals surface area (Å²) in [6.07, 6.45) is 4.86. The molecule has 1 aliphatic heterocycles. The third-order valence-corrected chi connectivity index (χ3v) is 5.57. The average molecular weight is 266 g/mol. The van der Waals surface area contributed by atoms with Crippen LogP contribution in [0.3, 0.4) is 0 Å². The Hall–Kier alpha value is -1.56. The number of imidazole rings is 1. The Labute approximate surface area is 105 Å². The number of sulfone groups is 1. The maximum atomic E-state index is 12.0. The number of rotatable bonds is 2. The Balaban J connectivity index is 2.20. The molecule has 1 atom stereocenters. The summed E-state index contributed by atoms with van der Waals surface area (Å²) in [7, 11) is -1.45. The van der Waals surface area contributed by atoms with Crippen molar-refractivity contribution in [2.24, 2.45) is 0 Å². The van der Waals surface area contributed by atoms with E-state index in [1.54, 1.807) is 13.3 Å². The molecule has 2 aromatic rings.